The van der Waals surface area contributed by atoms with Crippen LogP contribution < -0.4 is 20.9 Å². The van der Waals surface area contributed by atoms with Crippen LogP contribution in [0, 0.1) is 0 Å². The molecule has 32 heavy (non-hydrogen) atoms. The van der Waals surface area contributed by atoms with Crippen LogP contribution in [0.15, 0.2) is 54.9 Å². The van der Waals surface area contributed by atoms with Crippen molar-refractivity contribution in [3.05, 3.63) is 64.9 Å². The summed E-state index contributed by atoms with van der Waals surface area (Å²) >= 11 is 12.2. The van der Waals surface area contributed by atoms with Gasteiger partial charge in [0.1, 0.15) is 18.0 Å². The number of hydrogen-bond donors (Lipinski definition) is 3. The van der Waals surface area contributed by atoms with Gasteiger partial charge in [-0.3, -0.25) is 5.32 Å². The van der Waals surface area contributed by atoms with Gasteiger partial charge in [0, 0.05) is 43.6 Å². The Morgan fingerprint density at radius 1 is 0.906 bits per heavy atom. The molecule has 8 nitrogen and oxygen atoms in total. The van der Waals surface area contributed by atoms with Crippen molar-refractivity contribution in [2.75, 3.05) is 54.1 Å². The van der Waals surface area contributed by atoms with E-state index in [0.717, 1.165) is 31.9 Å². The van der Waals surface area contributed by atoms with Crippen LogP contribution in [0.3, 0.4) is 0 Å². The molecule has 2 heterocycles. The first kappa shape index (κ1) is 22.1. The Morgan fingerprint density at radius 2 is 1.56 bits per heavy atom. The fourth-order valence-corrected chi connectivity index (χ4v) is 3.83. The number of nitrogens with zero attached hydrogens (tertiary/aromatic N) is 4. The van der Waals surface area contributed by atoms with E-state index in [-0.39, 0.29) is 0 Å². The predicted molar refractivity (Wildman–Crippen MR) is 131 cm³/mol. The lowest BCUT2D eigenvalue weighted by atomic mass is 10.2. The summed E-state index contributed by atoms with van der Waals surface area (Å²) in [7, 11) is 2.14. The SMILES string of the molecule is CN1CCN(c2ccc(Nc3cc(NC(=O)Nc4c(Cl)cccc4Cl)ncn3)cc2)CC1. The van der Waals surface area contributed by atoms with Gasteiger partial charge in [-0.1, -0.05) is 29.3 Å². The molecule has 0 radical (unpaired) electrons. The molecule has 166 valence electrons. The molecule has 0 bridgehead atoms. The van der Waals surface area contributed by atoms with E-state index in [2.05, 4.69) is 54.9 Å². The number of para-hydroxylation sites is 1. The van der Waals surface area contributed by atoms with Crippen molar-refractivity contribution in [2.45, 2.75) is 0 Å². The van der Waals surface area contributed by atoms with Crippen molar-refractivity contribution in [1.29, 1.82) is 0 Å². The van der Waals surface area contributed by atoms with E-state index in [1.165, 1.54) is 12.0 Å². The van der Waals surface area contributed by atoms with Crippen LogP contribution in [0.1, 0.15) is 0 Å². The fourth-order valence-electron chi connectivity index (χ4n) is 3.34. The van der Waals surface area contributed by atoms with E-state index in [4.69, 9.17) is 23.2 Å². The molecule has 10 heteroatoms. The molecular formula is C22H23Cl2N7O. The lowest BCUT2D eigenvalue weighted by molar-refractivity contribution is 0.262. The number of piperazine rings is 1. The first-order chi connectivity index (χ1) is 15.5. The summed E-state index contributed by atoms with van der Waals surface area (Å²) in [6.07, 6.45) is 1.37. The second-order valence-electron chi connectivity index (χ2n) is 7.43. The molecule has 0 unspecified atom stereocenters. The van der Waals surface area contributed by atoms with Crippen LogP contribution in [0.2, 0.25) is 10.0 Å². The zero-order valence-electron chi connectivity index (χ0n) is 17.5. The van der Waals surface area contributed by atoms with Crippen LogP contribution in [0.25, 0.3) is 0 Å². The Morgan fingerprint density at radius 3 is 2.25 bits per heavy atom. The molecule has 1 aliphatic heterocycles. The molecule has 0 saturated carbocycles. The monoisotopic (exact) mass is 471 g/mol. The molecule has 0 spiro atoms. The number of amides is 2. The Balaban J connectivity index is 1.37. The van der Waals surface area contributed by atoms with Crippen LogP contribution in [0.4, 0.5) is 33.5 Å². The van der Waals surface area contributed by atoms with Crippen LogP contribution in [-0.4, -0.2) is 54.1 Å². The fraction of sp³-hybridized carbons (Fsp3) is 0.227. The topological polar surface area (TPSA) is 85.4 Å². The van der Waals surface area contributed by atoms with Crippen molar-refractivity contribution in [3.8, 4) is 0 Å². The van der Waals surface area contributed by atoms with Gasteiger partial charge in [0.25, 0.3) is 0 Å². The molecule has 1 aliphatic rings. The maximum Gasteiger partial charge on any atom is 0.324 e. The molecule has 2 aromatic carbocycles. The summed E-state index contributed by atoms with van der Waals surface area (Å²) in [5.74, 6) is 0.885. The largest absolute Gasteiger partial charge is 0.369 e. The van der Waals surface area contributed by atoms with Crippen LogP contribution in [0.5, 0.6) is 0 Å². The van der Waals surface area contributed by atoms with Gasteiger partial charge in [0.2, 0.25) is 0 Å². The predicted octanol–water partition coefficient (Wildman–Crippen LogP) is 4.92. The number of benzene rings is 2. The maximum absolute atomic E-state index is 12.3. The van der Waals surface area contributed by atoms with Crippen LogP contribution >= 0.6 is 23.2 Å². The first-order valence-corrected chi connectivity index (χ1v) is 10.9. The Labute approximate surface area is 196 Å². The highest BCUT2D eigenvalue weighted by Crippen LogP contribution is 2.30. The number of halogens is 2. The summed E-state index contributed by atoms with van der Waals surface area (Å²) in [5, 5.41) is 9.21. The zero-order chi connectivity index (χ0) is 22.5. The third-order valence-corrected chi connectivity index (χ3v) is 5.75. The smallest absolute Gasteiger partial charge is 0.324 e. The minimum atomic E-state index is -0.513. The third kappa shape index (κ3) is 5.59. The van der Waals surface area contributed by atoms with Gasteiger partial charge in [-0.05, 0) is 43.4 Å². The number of carbonyl (C=O) groups excluding carboxylic acids is 1. The molecular weight excluding hydrogens is 449 g/mol. The number of hydrogen-bond acceptors (Lipinski definition) is 6. The van der Waals surface area contributed by atoms with E-state index >= 15 is 0 Å². The normalized spacial score (nSPS) is 14.2. The number of likely N-dealkylation sites (N-methyl/N-ethyl adjacent to an activating group) is 1. The van der Waals surface area contributed by atoms with Crippen molar-refractivity contribution >= 4 is 57.9 Å². The van der Waals surface area contributed by atoms with Gasteiger partial charge in [-0.15, -0.1) is 0 Å². The quantitative estimate of drug-likeness (QED) is 0.489. The Kier molecular flexibility index (Phi) is 6.94. The average Bonchev–Trinajstić information content (AvgIpc) is 2.78. The van der Waals surface area contributed by atoms with Gasteiger partial charge in [-0.25, -0.2) is 14.8 Å². The van der Waals surface area contributed by atoms with E-state index in [9.17, 15) is 4.79 Å². The standard InChI is InChI=1S/C22H23Cl2N7O/c1-30-9-11-31(12-10-30)16-7-5-15(6-8-16)27-19-13-20(26-14-25-19)28-22(32)29-21-17(23)3-2-4-18(21)24/h2-8,13-14H,9-12H2,1H3,(H3,25,26,27,28,29,32). The van der Waals surface area contributed by atoms with E-state index in [1.807, 2.05) is 12.1 Å². The molecule has 1 fully saturated rings. The van der Waals surface area contributed by atoms with Gasteiger partial charge >= 0.3 is 6.03 Å². The van der Waals surface area contributed by atoms with Gasteiger partial charge < -0.3 is 20.4 Å². The molecule has 1 aromatic heterocycles. The summed E-state index contributed by atoms with van der Waals surface area (Å²) in [5.41, 5.74) is 2.42. The van der Waals surface area contributed by atoms with Crippen molar-refractivity contribution < 1.29 is 4.79 Å². The second kappa shape index (κ2) is 10.0. The average molecular weight is 472 g/mol. The highest BCUT2D eigenvalue weighted by Gasteiger charge is 2.14. The molecule has 2 amide bonds. The molecule has 0 atom stereocenters. The highest BCUT2D eigenvalue weighted by atomic mass is 35.5. The van der Waals surface area contributed by atoms with Crippen molar-refractivity contribution in [3.63, 3.8) is 0 Å². The second-order valence-corrected chi connectivity index (χ2v) is 8.24. The summed E-state index contributed by atoms with van der Waals surface area (Å²) in [6.45, 7) is 4.16. The van der Waals surface area contributed by atoms with Crippen LogP contribution in [-0.2, 0) is 0 Å². The molecule has 0 aliphatic carbocycles. The maximum atomic E-state index is 12.3. The number of rotatable bonds is 5. The molecule has 3 aromatic rings. The minimum absolute atomic E-state index is 0.331. The van der Waals surface area contributed by atoms with E-state index in [0.29, 0.717) is 27.4 Å². The number of nitrogens with one attached hydrogen (secondary N) is 3. The van der Waals surface area contributed by atoms with E-state index < -0.39 is 6.03 Å². The number of carbonyl (C=O) groups is 1. The highest BCUT2D eigenvalue weighted by molar-refractivity contribution is 6.39. The van der Waals surface area contributed by atoms with Gasteiger partial charge in [-0.2, -0.15) is 0 Å². The molecule has 4 rings (SSSR count). The Bertz CT molecular complexity index is 1070. The number of anilines is 5. The zero-order valence-corrected chi connectivity index (χ0v) is 19.0. The van der Waals surface area contributed by atoms with Gasteiger partial charge in [0.05, 0.1) is 15.7 Å². The lowest BCUT2D eigenvalue weighted by Crippen LogP contribution is -2.44. The number of aromatic nitrogens is 2. The summed E-state index contributed by atoms with van der Waals surface area (Å²) in [4.78, 5) is 25.4. The molecule has 1 saturated heterocycles. The Hall–Kier alpha value is -3.07. The van der Waals surface area contributed by atoms with Gasteiger partial charge in [0.15, 0.2) is 0 Å². The third-order valence-electron chi connectivity index (χ3n) is 5.12. The lowest BCUT2D eigenvalue weighted by Gasteiger charge is -2.34. The van der Waals surface area contributed by atoms with Crippen molar-refractivity contribution in [1.82, 2.24) is 14.9 Å². The summed E-state index contributed by atoms with van der Waals surface area (Å²) in [6, 6.07) is 14.3. The van der Waals surface area contributed by atoms with Crippen molar-refractivity contribution in [2.24, 2.45) is 0 Å². The molecule has 3 N–H and O–H groups in total. The summed E-state index contributed by atoms with van der Waals surface area (Å²) < 4.78 is 0. The first-order valence-electron chi connectivity index (χ1n) is 10.1. The number of urea groups is 1. The van der Waals surface area contributed by atoms with E-state index in [1.54, 1.807) is 24.3 Å². The minimum Gasteiger partial charge on any atom is -0.369 e.